The van der Waals surface area contributed by atoms with E-state index in [1.807, 2.05) is 20.8 Å². The lowest BCUT2D eigenvalue weighted by Crippen LogP contribution is -2.36. The first-order valence-electron chi connectivity index (χ1n) is 18.7. The van der Waals surface area contributed by atoms with Gasteiger partial charge in [-0.05, 0) is 85.8 Å². The number of hydrogen-bond acceptors (Lipinski definition) is 8. The zero-order valence-electron chi connectivity index (χ0n) is 32.3. The van der Waals surface area contributed by atoms with Gasteiger partial charge in [0.15, 0.2) is 0 Å². The molecule has 1 atom stereocenters. The summed E-state index contributed by atoms with van der Waals surface area (Å²) in [4.78, 5) is 73.1. The molecule has 3 aromatic carbocycles. The van der Waals surface area contributed by atoms with Crippen LogP contribution in [0, 0.1) is 5.92 Å². The number of nitrogens with one attached hydrogen (secondary N) is 8. The molecule has 0 aromatic heterocycles. The van der Waals surface area contributed by atoms with E-state index < -0.39 is 46.5 Å². The third-order valence-corrected chi connectivity index (χ3v) is 9.94. The summed E-state index contributed by atoms with van der Waals surface area (Å²) in [5, 5.41) is 28.0. The monoisotopic (exact) mass is 808 g/mol. The van der Waals surface area contributed by atoms with E-state index in [2.05, 4.69) is 41.9 Å². The van der Waals surface area contributed by atoms with Gasteiger partial charge in [0.2, 0.25) is 5.91 Å². The second-order valence-corrected chi connectivity index (χ2v) is 14.7. The molecule has 3 aromatic rings. The zero-order valence-corrected chi connectivity index (χ0v) is 33.1. The van der Waals surface area contributed by atoms with Crippen molar-refractivity contribution in [2.75, 3.05) is 40.3 Å². The van der Waals surface area contributed by atoms with Crippen LogP contribution in [-0.4, -0.2) is 68.9 Å². The first-order valence-corrected chi connectivity index (χ1v) is 20.2. The number of carboxylic acids is 1. The Hall–Kier alpha value is -6.17. The molecule has 0 aliphatic rings. The highest BCUT2D eigenvalue weighted by Gasteiger charge is 2.21. The van der Waals surface area contributed by atoms with Gasteiger partial charge in [-0.2, -0.15) is 0 Å². The van der Waals surface area contributed by atoms with Gasteiger partial charge in [-0.3, -0.25) is 19.1 Å². The summed E-state index contributed by atoms with van der Waals surface area (Å²) in [6.45, 7) is 6.68. The molecule has 0 spiro atoms. The van der Waals surface area contributed by atoms with E-state index in [-0.39, 0.29) is 53.4 Å². The predicted molar refractivity (Wildman–Crippen MR) is 218 cm³/mol. The van der Waals surface area contributed by atoms with Gasteiger partial charge in [0.1, 0.15) is 5.78 Å². The van der Waals surface area contributed by atoms with Gasteiger partial charge in [-0.1, -0.05) is 39.0 Å². The van der Waals surface area contributed by atoms with Gasteiger partial charge >= 0.3 is 24.1 Å². The van der Waals surface area contributed by atoms with E-state index in [1.54, 1.807) is 12.1 Å². The van der Waals surface area contributed by atoms with Crippen molar-refractivity contribution in [3.63, 3.8) is 0 Å². The SMILES string of the molecule is CCCNC(=O)Nc1cccc(S(=O)(=O)Nc2cccc([C@@H](CC(=O)O)NC(=O)Nc3ccc(NC(=O)NCCNC(=O)CCCC(=O)C(CC)CC)cc3)c2)c1. The molecule has 0 aliphatic heterocycles. The number of amides is 7. The Kier molecular flexibility index (Phi) is 18.3. The molecule has 0 saturated carbocycles. The molecule has 57 heavy (non-hydrogen) atoms. The molecule has 0 heterocycles. The highest BCUT2D eigenvalue weighted by atomic mass is 32.2. The Labute approximate surface area is 332 Å². The summed E-state index contributed by atoms with van der Waals surface area (Å²) in [5.41, 5.74) is 1.42. The van der Waals surface area contributed by atoms with Crippen LogP contribution in [0.1, 0.15) is 77.3 Å². The minimum absolute atomic E-state index is 0.0386. The van der Waals surface area contributed by atoms with E-state index >= 15 is 0 Å². The number of anilines is 4. The molecule has 0 fully saturated rings. The minimum Gasteiger partial charge on any atom is -0.481 e. The van der Waals surface area contributed by atoms with E-state index in [1.165, 1.54) is 60.7 Å². The third kappa shape index (κ3) is 16.2. The summed E-state index contributed by atoms with van der Waals surface area (Å²) in [7, 11) is -4.14. The fourth-order valence-corrected chi connectivity index (χ4v) is 6.68. The Morgan fingerprint density at radius 3 is 1.86 bits per heavy atom. The lowest BCUT2D eigenvalue weighted by atomic mass is 9.94. The largest absolute Gasteiger partial charge is 0.481 e. The van der Waals surface area contributed by atoms with Crippen LogP contribution in [0.4, 0.5) is 37.1 Å². The molecule has 9 N–H and O–H groups in total. The first kappa shape index (κ1) is 45.2. The van der Waals surface area contributed by atoms with Crippen molar-refractivity contribution in [2.24, 2.45) is 5.92 Å². The molecule has 308 valence electrons. The van der Waals surface area contributed by atoms with Gasteiger partial charge in [-0.15, -0.1) is 0 Å². The molecule has 17 nitrogen and oxygen atoms in total. The number of urea groups is 3. The van der Waals surface area contributed by atoms with E-state index in [0.29, 0.717) is 36.3 Å². The number of sulfonamides is 1. The molecule has 0 unspecified atom stereocenters. The Morgan fingerprint density at radius 2 is 1.23 bits per heavy atom. The van der Waals surface area contributed by atoms with Crippen LogP contribution in [0.25, 0.3) is 0 Å². The smallest absolute Gasteiger partial charge is 0.319 e. The van der Waals surface area contributed by atoms with Gasteiger partial charge in [0.25, 0.3) is 10.0 Å². The average Bonchev–Trinajstić information content (AvgIpc) is 3.16. The number of carboxylic acid groups (broad SMARTS) is 1. The average molecular weight is 809 g/mol. The molecule has 0 saturated heterocycles. The second kappa shape index (κ2) is 23.0. The predicted octanol–water partition coefficient (Wildman–Crippen LogP) is 5.77. The maximum atomic E-state index is 13.2. The van der Waals surface area contributed by atoms with Crippen LogP contribution in [0.15, 0.2) is 77.7 Å². The summed E-state index contributed by atoms with van der Waals surface area (Å²) >= 11 is 0. The highest BCUT2D eigenvalue weighted by molar-refractivity contribution is 7.92. The third-order valence-electron chi connectivity index (χ3n) is 8.56. The summed E-state index contributed by atoms with van der Waals surface area (Å²) in [6, 6.07) is 14.9. The van der Waals surface area contributed by atoms with Crippen LogP contribution in [0.3, 0.4) is 0 Å². The van der Waals surface area contributed by atoms with Crippen LogP contribution in [0.5, 0.6) is 0 Å². The highest BCUT2D eigenvalue weighted by Crippen LogP contribution is 2.24. The van der Waals surface area contributed by atoms with Crippen molar-refractivity contribution in [1.29, 1.82) is 0 Å². The fourth-order valence-electron chi connectivity index (χ4n) is 5.59. The summed E-state index contributed by atoms with van der Waals surface area (Å²) in [6.07, 6.45) is 2.87. The second-order valence-electron chi connectivity index (χ2n) is 13.0. The number of carbonyl (C=O) groups is 6. The maximum Gasteiger partial charge on any atom is 0.319 e. The van der Waals surface area contributed by atoms with Crippen molar-refractivity contribution in [3.05, 3.63) is 78.4 Å². The Morgan fingerprint density at radius 1 is 0.649 bits per heavy atom. The summed E-state index contributed by atoms with van der Waals surface area (Å²) in [5.74, 6) is -1.20. The maximum absolute atomic E-state index is 13.2. The van der Waals surface area contributed by atoms with Gasteiger partial charge in [-0.25, -0.2) is 22.8 Å². The molecular weight excluding hydrogens is 757 g/mol. The van der Waals surface area contributed by atoms with Crippen molar-refractivity contribution in [2.45, 2.75) is 76.7 Å². The number of benzene rings is 3. The Balaban J connectivity index is 1.50. The number of rotatable bonds is 22. The van der Waals surface area contributed by atoms with Crippen molar-refractivity contribution in [3.8, 4) is 0 Å². The summed E-state index contributed by atoms with van der Waals surface area (Å²) < 4.78 is 28.9. The number of Topliss-reactive ketones (excluding diaryl/α,β-unsaturated/α-hetero) is 1. The molecule has 0 bridgehead atoms. The van der Waals surface area contributed by atoms with Crippen LogP contribution in [-0.2, 0) is 24.4 Å². The standard InChI is InChI=1S/C39H52N8O9S/c1-4-20-41-37(52)45-30-11-8-13-32(24-30)57(55,56)47-31-12-7-10-27(23-31)33(25-36(50)51)46-39(54)44-29-18-16-28(17-19-29)43-38(53)42-22-21-40-35(49)15-9-14-34(48)26(5-2)6-3/h7-8,10-13,16-19,23-24,26,33,47H,4-6,9,14-15,20-22,25H2,1-3H3,(H,40,49)(H,50,51)(H2,41,45,52)(H2,42,43,53)(H2,44,46,54)/t33-/m1/s1. The quantitative estimate of drug-likeness (QED) is 0.0558. The van der Waals surface area contributed by atoms with E-state index in [0.717, 1.165) is 19.3 Å². The molecule has 0 radical (unpaired) electrons. The van der Waals surface area contributed by atoms with E-state index in [9.17, 15) is 42.3 Å². The van der Waals surface area contributed by atoms with E-state index in [4.69, 9.17) is 0 Å². The first-order chi connectivity index (χ1) is 27.2. The lowest BCUT2D eigenvalue weighted by molar-refractivity contribution is -0.137. The number of hydrogen-bond donors (Lipinski definition) is 9. The van der Waals surface area contributed by atoms with Crippen molar-refractivity contribution >= 4 is 68.5 Å². The van der Waals surface area contributed by atoms with Crippen LogP contribution in [0.2, 0.25) is 0 Å². The molecule has 7 amide bonds. The fraction of sp³-hybridized carbons (Fsp3) is 0.385. The number of ketones is 1. The number of aliphatic carboxylic acids is 1. The lowest BCUT2D eigenvalue weighted by Gasteiger charge is -2.19. The molecule has 3 rings (SSSR count). The van der Waals surface area contributed by atoms with Gasteiger partial charge in [0.05, 0.1) is 17.4 Å². The van der Waals surface area contributed by atoms with Gasteiger partial charge < -0.3 is 42.3 Å². The molecular formula is C39H52N8O9S. The molecule has 18 heteroatoms. The minimum atomic E-state index is -4.14. The van der Waals surface area contributed by atoms with Gasteiger partial charge in [0, 0.05) is 61.1 Å². The zero-order chi connectivity index (χ0) is 41.8. The Bertz CT molecular complexity index is 1950. The van der Waals surface area contributed by atoms with Crippen molar-refractivity contribution in [1.82, 2.24) is 21.3 Å². The topological polar surface area (TPSA) is 253 Å². The normalized spacial score (nSPS) is 11.4. The number of carbonyl (C=O) groups excluding carboxylic acids is 5. The van der Waals surface area contributed by atoms with Crippen molar-refractivity contribution < 1.29 is 42.3 Å². The van der Waals surface area contributed by atoms with Crippen LogP contribution >= 0.6 is 0 Å². The molecule has 0 aliphatic carbocycles. The van der Waals surface area contributed by atoms with Crippen LogP contribution < -0.4 is 41.9 Å².